The van der Waals surface area contributed by atoms with Crippen LogP contribution in [0, 0.1) is 6.92 Å². The first-order valence-electron chi connectivity index (χ1n) is 5.13. The highest BCUT2D eigenvalue weighted by atomic mass is 35.5. The predicted octanol–water partition coefficient (Wildman–Crippen LogP) is 2.53. The summed E-state index contributed by atoms with van der Waals surface area (Å²) in [6, 6.07) is 5.91. The zero-order chi connectivity index (χ0) is 12.1. The second-order valence-corrected chi connectivity index (χ2v) is 4.02. The van der Waals surface area contributed by atoms with Crippen molar-refractivity contribution in [1.29, 1.82) is 0 Å². The van der Waals surface area contributed by atoms with Crippen molar-refractivity contribution < 1.29 is 9.47 Å². The highest BCUT2D eigenvalue weighted by Crippen LogP contribution is 2.24. The van der Waals surface area contributed by atoms with Gasteiger partial charge in [-0.2, -0.15) is 0 Å². The Morgan fingerprint density at radius 2 is 1.88 bits per heavy atom. The number of ether oxygens (including phenoxy) is 2. The van der Waals surface area contributed by atoms with Gasteiger partial charge in [-0.25, -0.2) is 0 Å². The summed E-state index contributed by atoms with van der Waals surface area (Å²) in [4.78, 5) is 0. The Hall–Kier alpha value is -0.610. The van der Waals surface area contributed by atoms with E-state index in [9.17, 15) is 0 Å². The van der Waals surface area contributed by atoms with Gasteiger partial charge in [0.25, 0.3) is 0 Å². The van der Waals surface area contributed by atoms with Gasteiger partial charge in [-0.05, 0) is 31.2 Å². The maximum Gasteiger partial charge on any atom is 0.176 e. The Bertz CT molecular complexity index is 340. The first-order valence-corrected chi connectivity index (χ1v) is 5.50. The zero-order valence-electron chi connectivity index (χ0n) is 10.1. The van der Waals surface area contributed by atoms with Gasteiger partial charge >= 0.3 is 0 Å². The van der Waals surface area contributed by atoms with Crippen molar-refractivity contribution in [1.82, 2.24) is 5.32 Å². The van der Waals surface area contributed by atoms with E-state index in [1.165, 1.54) is 0 Å². The Morgan fingerprint density at radius 1 is 1.25 bits per heavy atom. The molecule has 0 aliphatic rings. The largest absolute Gasteiger partial charge is 0.354 e. The molecule has 4 heteroatoms. The third-order valence-electron chi connectivity index (χ3n) is 2.60. The second-order valence-electron chi connectivity index (χ2n) is 3.61. The van der Waals surface area contributed by atoms with Crippen LogP contribution in [0.1, 0.15) is 17.2 Å². The molecule has 0 saturated heterocycles. The number of likely N-dealkylation sites (N-methyl/N-ethyl adjacent to an activating group) is 1. The molecule has 1 N–H and O–H groups in total. The van der Waals surface area contributed by atoms with Gasteiger partial charge < -0.3 is 14.8 Å². The number of hydrogen-bond acceptors (Lipinski definition) is 3. The third kappa shape index (κ3) is 2.95. The van der Waals surface area contributed by atoms with Crippen molar-refractivity contribution in [3.8, 4) is 0 Å². The average Bonchev–Trinajstić information content (AvgIpc) is 2.29. The van der Waals surface area contributed by atoms with Crippen LogP contribution >= 0.6 is 11.6 Å². The van der Waals surface area contributed by atoms with Gasteiger partial charge in [0.2, 0.25) is 0 Å². The fraction of sp³-hybridized carbons (Fsp3) is 0.500. The summed E-state index contributed by atoms with van der Waals surface area (Å²) in [5.74, 6) is 0. The first-order chi connectivity index (χ1) is 7.63. The van der Waals surface area contributed by atoms with E-state index in [2.05, 4.69) is 5.32 Å². The van der Waals surface area contributed by atoms with E-state index in [1.807, 2.05) is 32.2 Å². The van der Waals surface area contributed by atoms with Gasteiger partial charge in [0.05, 0.1) is 6.04 Å². The normalized spacial score (nSPS) is 13.1. The molecule has 1 aromatic carbocycles. The van der Waals surface area contributed by atoms with Gasteiger partial charge in [0.15, 0.2) is 6.29 Å². The number of benzene rings is 1. The molecule has 0 aliphatic carbocycles. The molecule has 1 rings (SSSR count). The Balaban J connectivity index is 2.98. The van der Waals surface area contributed by atoms with Crippen LogP contribution in [0.3, 0.4) is 0 Å². The predicted molar refractivity (Wildman–Crippen MR) is 65.8 cm³/mol. The van der Waals surface area contributed by atoms with Crippen LogP contribution in [0.4, 0.5) is 0 Å². The molecule has 0 fully saturated rings. The van der Waals surface area contributed by atoms with Crippen molar-refractivity contribution in [3.05, 3.63) is 34.3 Å². The SMILES string of the molecule is CNC(c1ccc(C)c(Cl)c1)C(OC)OC. The van der Waals surface area contributed by atoms with Crippen molar-refractivity contribution in [2.75, 3.05) is 21.3 Å². The molecule has 1 unspecified atom stereocenters. The minimum Gasteiger partial charge on any atom is -0.354 e. The lowest BCUT2D eigenvalue weighted by Crippen LogP contribution is -2.32. The maximum atomic E-state index is 6.10. The molecule has 16 heavy (non-hydrogen) atoms. The number of rotatable bonds is 5. The number of hydrogen-bond donors (Lipinski definition) is 1. The number of methoxy groups -OCH3 is 2. The van der Waals surface area contributed by atoms with Gasteiger partial charge in [0, 0.05) is 19.2 Å². The van der Waals surface area contributed by atoms with E-state index in [4.69, 9.17) is 21.1 Å². The Morgan fingerprint density at radius 3 is 2.31 bits per heavy atom. The lowest BCUT2D eigenvalue weighted by molar-refractivity contribution is -0.123. The average molecular weight is 244 g/mol. The Kier molecular flexibility index (Phi) is 5.22. The lowest BCUT2D eigenvalue weighted by atomic mass is 10.0. The van der Waals surface area contributed by atoms with E-state index in [0.717, 1.165) is 16.1 Å². The fourth-order valence-corrected chi connectivity index (χ4v) is 1.82. The van der Waals surface area contributed by atoms with E-state index in [1.54, 1.807) is 14.2 Å². The molecular weight excluding hydrogens is 226 g/mol. The van der Waals surface area contributed by atoms with Crippen molar-refractivity contribution >= 4 is 11.6 Å². The standard InChI is InChI=1S/C12H18ClNO2/c1-8-5-6-9(7-10(8)13)11(14-2)12(15-3)16-4/h5-7,11-12,14H,1-4H3. The summed E-state index contributed by atoms with van der Waals surface area (Å²) in [6.45, 7) is 1.98. The monoisotopic (exact) mass is 243 g/mol. The van der Waals surface area contributed by atoms with Crippen LogP contribution in [-0.2, 0) is 9.47 Å². The van der Waals surface area contributed by atoms with Gasteiger partial charge in [-0.3, -0.25) is 0 Å². The van der Waals surface area contributed by atoms with Gasteiger partial charge in [-0.1, -0.05) is 23.7 Å². The first kappa shape index (κ1) is 13.5. The summed E-state index contributed by atoms with van der Waals surface area (Å²) < 4.78 is 10.5. The minimum absolute atomic E-state index is 0.0342. The second kappa shape index (κ2) is 6.21. The lowest BCUT2D eigenvalue weighted by Gasteiger charge is -2.25. The zero-order valence-corrected chi connectivity index (χ0v) is 10.8. The molecule has 0 amide bonds. The molecule has 0 bridgehead atoms. The summed E-state index contributed by atoms with van der Waals surface area (Å²) in [5, 5.41) is 3.91. The molecule has 0 radical (unpaired) electrons. The highest BCUT2D eigenvalue weighted by molar-refractivity contribution is 6.31. The minimum atomic E-state index is -0.330. The Labute approximate surface area is 102 Å². The van der Waals surface area contributed by atoms with Gasteiger partial charge in [-0.15, -0.1) is 0 Å². The van der Waals surface area contributed by atoms with E-state index in [0.29, 0.717) is 0 Å². The fourth-order valence-electron chi connectivity index (χ4n) is 1.63. The molecule has 1 atom stereocenters. The molecule has 0 spiro atoms. The highest BCUT2D eigenvalue weighted by Gasteiger charge is 2.21. The van der Waals surface area contributed by atoms with Crippen LogP contribution < -0.4 is 5.32 Å². The number of halogens is 1. The molecule has 3 nitrogen and oxygen atoms in total. The number of nitrogens with one attached hydrogen (secondary N) is 1. The van der Waals surface area contributed by atoms with E-state index >= 15 is 0 Å². The molecule has 0 aliphatic heterocycles. The topological polar surface area (TPSA) is 30.5 Å². The van der Waals surface area contributed by atoms with Crippen LogP contribution in [0.25, 0.3) is 0 Å². The quantitative estimate of drug-likeness (QED) is 0.807. The molecule has 0 saturated carbocycles. The summed E-state index contributed by atoms with van der Waals surface area (Å²) in [7, 11) is 5.10. The molecule has 0 heterocycles. The molecule has 90 valence electrons. The summed E-state index contributed by atoms with van der Waals surface area (Å²) >= 11 is 6.10. The summed E-state index contributed by atoms with van der Waals surface area (Å²) in [6.07, 6.45) is -0.330. The van der Waals surface area contributed by atoms with Crippen LogP contribution in [-0.4, -0.2) is 27.6 Å². The van der Waals surface area contributed by atoms with Crippen LogP contribution in [0.15, 0.2) is 18.2 Å². The molecule has 0 aromatic heterocycles. The van der Waals surface area contributed by atoms with Gasteiger partial charge in [0.1, 0.15) is 0 Å². The van der Waals surface area contributed by atoms with E-state index < -0.39 is 0 Å². The van der Waals surface area contributed by atoms with Crippen LogP contribution in [0.5, 0.6) is 0 Å². The van der Waals surface area contributed by atoms with E-state index in [-0.39, 0.29) is 12.3 Å². The van der Waals surface area contributed by atoms with Crippen molar-refractivity contribution in [3.63, 3.8) is 0 Å². The summed E-state index contributed by atoms with van der Waals surface area (Å²) in [5.41, 5.74) is 2.11. The van der Waals surface area contributed by atoms with Crippen molar-refractivity contribution in [2.45, 2.75) is 19.3 Å². The maximum absolute atomic E-state index is 6.10. The molecular formula is C12H18ClNO2. The molecule has 1 aromatic rings. The van der Waals surface area contributed by atoms with Crippen molar-refractivity contribution in [2.24, 2.45) is 0 Å². The third-order valence-corrected chi connectivity index (χ3v) is 3.01. The number of aryl methyl sites for hydroxylation is 1. The van der Waals surface area contributed by atoms with Crippen LogP contribution in [0.2, 0.25) is 5.02 Å². The smallest absolute Gasteiger partial charge is 0.176 e.